The molecule has 4 aliphatic heterocycles. The van der Waals surface area contributed by atoms with E-state index in [1.54, 1.807) is 0 Å². The predicted molar refractivity (Wildman–Crippen MR) is 104 cm³/mol. The second kappa shape index (κ2) is 7.08. The molecule has 4 rings (SSSR count). The lowest BCUT2D eigenvalue weighted by Crippen LogP contribution is -2.66. The highest BCUT2D eigenvalue weighted by Gasteiger charge is 2.50. The summed E-state index contributed by atoms with van der Waals surface area (Å²) in [5, 5.41) is 10.2. The fraction of sp³-hybridized carbons (Fsp3) is 1.00. The summed E-state index contributed by atoms with van der Waals surface area (Å²) < 4.78 is 0. The second-order valence-electron chi connectivity index (χ2n) is 9.53. The number of hydrogen-bond acceptors (Lipinski definition) is 5. The van der Waals surface area contributed by atoms with Crippen LogP contribution < -0.4 is 16.1 Å². The van der Waals surface area contributed by atoms with E-state index in [0.717, 1.165) is 0 Å². The van der Waals surface area contributed by atoms with Gasteiger partial charge in [-0.1, -0.05) is 0 Å². The minimum atomic E-state index is 0.425. The van der Waals surface area contributed by atoms with Gasteiger partial charge in [-0.2, -0.15) is 0 Å². The molecule has 144 valence electrons. The van der Waals surface area contributed by atoms with Crippen molar-refractivity contribution in [1.82, 2.24) is 26.0 Å². The Bertz CT molecular complexity index is 453. The van der Waals surface area contributed by atoms with Gasteiger partial charge in [0, 0.05) is 43.3 Å². The van der Waals surface area contributed by atoms with E-state index >= 15 is 0 Å². The lowest BCUT2D eigenvalue weighted by atomic mass is 9.70. The molecular formula is C20H39N5. The highest BCUT2D eigenvalue weighted by Crippen LogP contribution is 2.44. The van der Waals surface area contributed by atoms with Gasteiger partial charge >= 0.3 is 0 Å². The first-order valence-corrected chi connectivity index (χ1v) is 10.7. The van der Waals surface area contributed by atoms with Crippen molar-refractivity contribution in [2.45, 2.75) is 82.5 Å². The molecule has 25 heavy (non-hydrogen) atoms. The molecule has 5 nitrogen and oxygen atoms in total. The first-order valence-electron chi connectivity index (χ1n) is 10.7. The van der Waals surface area contributed by atoms with Gasteiger partial charge in [0.1, 0.15) is 0 Å². The van der Waals surface area contributed by atoms with Crippen molar-refractivity contribution in [3.63, 3.8) is 0 Å². The third kappa shape index (κ3) is 3.39. The summed E-state index contributed by atoms with van der Waals surface area (Å²) in [6.07, 6.45) is 9.48. The largest absolute Gasteiger partial charge is 0.316 e. The van der Waals surface area contributed by atoms with Gasteiger partial charge in [0.25, 0.3) is 0 Å². The minimum Gasteiger partial charge on any atom is -0.316 e. The molecule has 4 unspecified atom stereocenters. The summed E-state index contributed by atoms with van der Waals surface area (Å²) in [6.45, 7) is 10.9. The molecule has 4 fully saturated rings. The zero-order chi connectivity index (χ0) is 17.5. The van der Waals surface area contributed by atoms with Gasteiger partial charge in [0.2, 0.25) is 0 Å². The average Bonchev–Trinajstić information content (AvgIpc) is 3.25. The van der Waals surface area contributed by atoms with Crippen molar-refractivity contribution >= 4 is 0 Å². The molecule has 2 spiro atoms. The third-order valence-electron chi connectivity index (χ3n) is 7.86. The van der Waals surface area contributed by atoms with Crippen molar-refractivity contribution in [3.05, 3.63) is 0 Å². The smallest absolute Gasteiger partial charge is 0.0405 e. The molecule has 5 heteroatoms. The van der Waals surface area contributed by atoms with Gasteiger partial charge in [0.05, 0.1) is 0 Å². The molecule has 4 saturated heterocycles. The van der Waals surface area contributed by atoms with E-state index in [0.29, 0.717) is 29.1 Å². The van der Waals surface area contributed by atoms with E-state index < -0.39 is 0 Å². The highest BCUT2D eigenvalue weighted by molar-refractivity contribution is 5.07. The van der Waals surface area contributed by atoms with Crippen molar-refractivity contribution in [2.24, 2.45) is 5.41 Å². The lowest BCUT2D eigenvalue weighted by Gasteiger charge is -2.55. The summed E-state index contributed by atoms with van der Waals surface area (Å²) in [6, 6.07) is 1.95. The van der Waals surface area contributed by atoms with Gasteiger partial charge in [-0.05, 0) is 84.3 Å². The van der Waals surface area contributed by atoms with E-state index in [9.17, 15) is 0 Å². The molecule has 4 heterocycles. The van der Waals surface area contributed by atoms with Crippen LogP contribution in [0.5, 0.6) is 0 Å². The SMILES string of the molecule is CNN1CCC2(CCNC2)CC1C1CC2(CCCN2)CCN1C(C)C. The molecule has 0 aliphatic carbocycles. The van der Waals surface area contributed by atoms with Gasteiger partial charge in [-0.25, -0.2) is 5.01 Å². The quantitative estimate of drug-likeness (QED) is 0.722. The number of nitrogens with zero attached hydrogens (tertiary/aromatic N) is 2. The number of hydrazine groups is 1. The van der Waals surface area contributed by atoms with Crippen LogP contribution in [-0.4, -0.2) is 73.3 Å². The predicted octanol–water partition coefficient (Wildman–Crippen LogP) is 1.56. The van der Waals surface area contributed by atoms with E-state index in [1.165, 1.54) is 77.7 Å². The molecule has 4 aliphatic rings. The van der Waals surface area contributed by atoms with Gasteiger partial charge in [-0.3, -0.25) is 10.3 Å². The topological polar surface area (TPSA) is 42.6 Å². The number of rotatable bonds is 3. The maximum atomic E-state index is 3.92. The van der Waals surface area contributed by atoms with Crippen LogP contribution in [0.3, 0.4) is 0 Å². The zero-order valence-electron chi connectivity index (χ0n) is 16.6. The van der Waals surface area contributed by atoms with E-state index in [-0.39, 0.29) is 0 Å². The monoisotopic (exact) mass is 349 g/mol. The summed E-state index contributed by atoms with van der Waals surface area (Å²) in [7, 11) is 2.13. The van der Waals surface area contributed by atoms with Crippen LogP contribution in [0.4, 0.5) is 0 Å². The molecule has 4 atom stereocenters. The molecule has 0 aromatic rings. The van der Waals surface area contributed by atoms with Crippen LogP contribution in [0.1, 0.15) is 58.8 Å². The molecule has 0 aromatic heterocycles. The average molecular weight is 350 g/mol. The van der Waals surface area contributed by atoms with E-state index in [4.69, 9.17) is 0 Å². The minimum absolute atomic E-state index is 0.425. The van der Waals surface area contributed by atoms with Crippen LogP contribution in [0.2, 0.25) is 0 Å². The van der Waals surface area contributed by atoms with Crippen molar-refractivity contribution < 1.29 is 0 Å². The summed E-state index contributed by atoms with van der Waals surface area (Å²) in [5.41, 5.74) is 4.54. The van der Waals surface area contributed by atoms with Gasteiger partial charge in [-0.15, -0.1) is 0 Å². The standard InChI is InChI=1S/C20H39N5/c1-16(2)24-11-8-20(5-4-9-23-20)14-17(24)18-13-19(6-10-22-15-19)7-12-25(18)21-3/h16-18,21-23H,4-15H2,1-3H3. The Hall–Kier alpha value is -0.200. The molecular weight excluding hydrogens is 310 g/mol. The number of piperidine rings is 2. The number of nitrogens with one attached hydrogen (secondary N) is 3. The molecule has 0 aromatic carbocycles. The molecule has 0 radical (unpaired) electrons. The number of hydrogen-bond donors (Lipinski definition) is 3. The Morgan fingerprint density at radius 3 is 2.52 bits per heavy atom. The molecule has 0 saturated carbocycles. The number of likely N-dealkylation sites (tertiary alicyclic amines) is 1. The Balaban J connectivity index is 1.59. The molecule has 3 N–H and O–H groups in total. The van der Waals surface area contributed by atoms with Crippen LogP contribution in [0.25, 0.3) is 0 Å². The van der Waals surface area contributed by atoms with Gasteiger partial charge in [0.15, 0.2) is 0 Å². The Kier molecular flexibility index (Phi) is 5.15. The lowest BCUT2D eigenvalue weighted by molar-refractivity contribution is -0.0553. The Morgan fingerprint density at radius 1 is 1.00 bits per heavy atom. The Labute approximate surface area is 154 Å². The fourth-order valence-corrected chi connectivity index (χ4v) is 6.37. The molecule has 0 bridgehead atoms. The third-order valence-corrected chi connectivity index (χ3v) is 7.86. The van der Waals surface area contributed by atoms with E-state index in [1.807, 2.05) is 0 Å². The van der Waals surface area contributed by atoms with E-state index in [2.05, 4.69) is 46.9 Å². The maximum absolute atomic E-state index is 3.92. The normalized spacial score (nSPS) is 43.7. The van der Waals surface area contributed by atoms with Crippen molar-refractivity contribution in [1.29, 1.82) is 0 Å². The fourth-order valence-electron chi connectivity index (χ4n) is 6.37. The first-order chi connectivity index (χ1) is 12.1. The molecule has 0 amide bonds. The van der Waals surface area contributed by atoms with Gasteiger partial charge < -0.3 is 10.6 Å². The van der Waals surface area contributed by atoms with Crippen LogP contribution in [0, 0.1) is 5.41 Å². The van der Waals surface area contributed by atoms with Crippen LogP contribution in [0.15, 0.2) is 0 Å². The first kappa shape index (κ1) is 18.2. The van der Waals surface area contributed by atoms with Crippen molar-refractivity contribution in [3.8, 4) is 0 Å². The maximum Gasteiger partial charge on any atom is 0.0405 e. The zero-order valence-corrected chi connectivity index (χ0v) is 16.6. The summed E-state index contributed by atoms with van der Waals surface area (Å²) in [4.78, 5) is 2.82. The highest BCUT2D eigenvalue weighted by atomic mass is 15.5. The van der Waals surface area contributed by atoms with Crippen LogP contribution >= 0.6 is 0 Å². The second-order valence-corrected chi connectivity index (χ2v) is 9.53. The summed E-state index contributed by atoms with van der Waals surface area (Å²) in [5.74, 6) is 0. The van der Waals surface area contributed by atoms with Crippen molar-refractivity contribution in [2.75, 3.05) is 39.8 Å². The summed E-state index contributed by atoms with van der Waals surface area (Å²) >= 11 is 0. The Morgan fingerprint density at radius 2 is 1.88 bits per heavy atom. The van der Waals surface area contributed by atoms with Crippen LogP contribution in [-0.2, 0) is 0 Å².